The van der Waals surface area contributed by atoms with Crippen LogP contribution in [0.2, 0.25) is 0 Å². The second kappa shape index (κ2) is 10.7. The second-order valence-corrected chi connectivity index (χ2v) is 9.28. The van der Waals surface area contributed by atoms with Gasteiger partial charge in [-0.3, -0.25) is 0 Å². The molecule has 8 heteroatoms. The number of ether oxygens (including phenoxy) is 1. The summed E-state index contributed by atoms with van der Waals surface area (Å²) >= 11 is 3.44. The molecule has 0 radical (unpaired) electrons. The molecule has 1 aromatic carbocycles. The minimum atomic E-state index is -0.462. The average molecular weight is 502 g/mol. The molecule has 1 aliphatic rings. The van der Waals surface area contributed by atoms with Crippen LogP contribution in [-0.2, 0) is 4.74 Å². The summed E-state index contributed by atoms with van der Waals surface area (Å²) in [4.78, 5) is 18.5. The number of fused-ring (bicyclic) bond motifs is 1. The van der Waals surface area contributed by atoms with Crippen molar-refractivity contribution in [2.45, 2.75) is 53.1 Å². The van der Waals surface area contributed by atoms with Crippen LogP contribution in [0.3, 0.4) is 0 Å². The fourth-order valence-corrected chi connectivity index (χ4v) is 3.84. The van der Waals surface area contributed by atoms with Gasteiger partial charge in [-0.05, 0) is 67.4 Å². The van der Waals surface area contributed by atoms with Crippen LogP contribution in [0.5, 0.6) is 0 Å². The van der Waals surface area contributed by atoms with Crippen molar-refractivity contribution in [2.24, 2.45) is 0 Å². The van der Waals surface area contributed by atoms with E-state index in [9.17, 15) is 4.79 Å². The van der Waals surface area contributed by atoms with Gasteiger partial charge in [0.1, 0.15) is 5.60 Å². The lowest BCUT2D eigenvalue weighted by atomic mass is 9.96. The zero-order valence-electron chi connectivity index (χ0n) is 18.3. The first-order valence-electron chi connectivity index (χ1n) is 10.2. The minimum Gasteiger partial charge on any atom is -0.444 e. The van der Waals surface area contributed by atoms with Crippen molar-refractivity contribution in [2.75, 3.05) is 13.1 Å². The lowest BCUT2D eigenvalue weighted by Gasteiger charge is -2.24. The Labute approximate surface area is 198 Å². The van der Waals surface area contributed by atoms with Crippen LogP contribution in [-0.4, -0.2) is 50.5 Å². The summed E-state index contributed by atoms with van der Waals surface area (Å²) in [5.41, 5.74) is 3.68. The van der Waals surface area contributed by atoms with Gasteiger partial charge in [0.25, 0.3) is 0 Å². The van der Waals surface area contributed by atoms with Crippen LogP contribution in [0.15, 0.2) is 47.3 Å². The van der Waals surface area contributed by atoms with E-state index in [0.717, 1.165) is 34.2 Å². The average Bonchev–Trinajstić information content (AvgIpc) is 3.35. The Morgan fingerprint density at radius 2 is 1.88 bits per heavy atom. The number of carbonyl (C=O) groups excluding carboxylic acids is 1. The molecule has 172 valence electrons. The van der Waals surface area contributed by atoms with Crippen LogP contribution in [0.4, 0.5) is 4.79 Å². The molecule has 1 saturated heterocycles. The van der Waals surface area contributed by atoms with Gasteiger partial charge >= 0.3 is 6.09 Å². The molecule has 7 nitrogen and oxygen atoms in total. The third kappa shape index (κ3) is 6.16. The van der Waals surface area contributed by atoms with Gasteiger partial charge in [0.15, 0.2) is 5.65 Å². The molecule has 0 spiro atoms. The Morgan fingerprint density at radius 1 is 1.22 bits per heavy atom. The molecule has 1 aliphatic heterocycles. The molecule has 1 unspecified atom stereocenters. The summed E-state index contributed by atoms with van der Waals surface area (Å²) in [7, 11) is 0. The zero-order chi connectivity index (χ0) is 22.6. The van der Waals surface area contributed by atoms with E-state index in [1.165, 1.54) is 11.8 Å². The van der Waals surface area contributed by atoms with E-state index in [1.54, 1.807) is 22.5 Å². The van der Waals surface area contributed by atoms with Gasteiger partial charge in [-0.2, -0.15) is 5.10 Å². The van der Waals surface area contributed by atoms with E-state index in [-0.39, 0.29) is 13.5 Å². The maximum absolute atomic E-state index is 12.3. The summed E-state index contributed by atoms with van der Waals surface area (Å²) in [5.74, 6) is 0.337. The third-order valence-corrected chi connectivity index (χ3v) is 5.43. The molecule has 0 aliphatic carbocycles. The second-order valence-electron chi connectivity index (χ2n) is 8.43. The number of rotatable bonds is 2. The van der Waals surface area contributed by atoms with Gasteiger partial charge in [0.05, 0.1) is 10.7 Å². The first-order chi connectivity index (χ1) is 14.7. The van der Waals surface area contributed by atoms with Gasteiger partial charge in [-0.15, -0.1) is 0 Å². The molecule has 4 rings (SSSR count). The monoisotopic (exact) mass is 501 g/mol. The molecular formula is C24H32BrN5O2. The molecule has 1 amide bonds. The number of amides is 1. The SMILES string of the molecule is C.CC(C)(C)OC(=O)N1CCC(c2ccc(-c3cnc4c(Br)cnn4c3)cc2)C1.CC=N. The number of halogens is 1. The van der Waals surface area contributed by atoms with E-state index in [1.807, 2.05) is 33.2 Å². The molecular weight excluding hydrogens is 470 g/mol. The van der Waals surface area contributed by atoms with Crippen LogP contribution < -0.4 is 0 Å². The molecule has 32 heavy (non-hydrogen) atoms. The zero-order valence-corrected chi connectivity index (χ0v) is 19.9. The van der Waals surface area contributed by atoms with Crippen molar-refractivity contribution < 1.29 is 9.53 Å². The van der Waals surface area contributed by atoms with Crippen LogP contribution in [0, 0.1) is 5.41 Å². The predicted molar refractivity (Wildman–Crippen MR) is 132 cm³/mol. The van der Waals surface area contributed by atoms with E-state index < -0.39 is 5.60 Å². The number of nitrogens with one attached hydrogen (secondary N) is 1. The van der Waals surface area contributed by atoms with E-state index in [4.69, 9.17) is 10.1 Å². The fourth-order valence-electron chi connectivity index (χ4n) is 3.47. The quantitative estimate of drug-likeness (QED) is 0.425. The smallest absolute Gasteiger partial charge is 0.410 e. The summed E-state index contributed by atoms with van der Waals surface area (Å²) in [5, 5.41) is 10.4. The Balaban J connectivity index is 0.000000860. The molecule has 0 saturated carbocycles. The fraction of sp³-hybridized carbons (Fsp3) is 0.417. The van der Waals surface area contributed by atoms with Crippen LogP contribution in [0.1, 0.15) is 53.0 Å². The highest BCUT2D eigenvalue weighted by atomic mass is 79.9. The van der Waals surface area contributed by atoms with Crippen molar-refractivity contribution in [1.82, 2.24) is 19.5 Å². The first-order valence-corrected chi connectivity index (χ1v) is 11.0. The van der Waals surface area contributed by atoms with Crippen molar-refractivity contribution in [3.05, 3.63) is 52.9 Å². The number of carbonyl (C=O) groups is 1. The lowest BCUT2D eigenvalue weighted by molar-refractivity contribution is 0.0292. The van der Waals surface area contributed by atoms with Gasteiger partial charge in [-0.1, -0.05) is 31.7 Å². The maximum atomic E-state index is 12.3. The van der Waals surface area contributed by atoms with Crippen LogP contribution >= 0.6 is 15.9 Å². The number of benzene rings is 1. The van der Waals surface area contributed by atoms with E-state index >= 15 is 0 Å². The summed E-state index contributed by atoms with van der Waals surface area (Å²) < 4.78 is 8.13. The van der Waals surface area contributed by atoms with Gasteiger partial charge in [-0.25, -0.2) is 14.3 Å². The van der Waals surface area contributed by atoms with Crippen molar-refractivity contribution in [1.29, 1.82) is 5.41 Å². The van der Waals surface area contributed by atoms with Crippen molar-refractivity contribution >= 4 is 33.9 Å². The maximum Gasteiger partial charge on any atom is 0.410 e. The Hall–Kier alpha value is -2.74. The number of hydrogen-bond acceptors (Lipinski definition) is 5. The predicted octanol–water partition coefficient (Wildman–Crippen LogP) is 6.18. The topological polar surface area (TPSA) is 83.6 Å². The Kier molecular flexibility index (Phi) is 8.55. The number of aromatic nitrogens is 3. The van der Waals surface area contributed by atoms with E-state index in [2.05, 4.69) is 50.3 Å². The van der Waals surface area contributed by atoms with Crippen LogP contribution in [0.25, 0.3) is 16.8 Å². The largest absolute Gasteiger partial charge is 0.444 e. The summed E-state index contributed by atoms with van der Waals surface area (Å²) in [6.45, 7) is 8.78. The van der Waals surface area contributed by atoms with Crippen molar-refractivity contribution in [3.8, 4) is 11.1 Å². The molecule has 1 atom stereocenters. The Bertz CT molecular complexity index is 1060. The molecule has 3 heterocycles. The summed E-state index contributed by atoms with van der Waals surface area (Å²) in [6.07, 6.45) is 7.55. The number of nitrogens with zero attached hydrogens (tertiary/aromatic N) is 4. The van der Waals surface area contributed by atoms with E-state index in [0.29, 0.717) is 12.5 Å². The molecule has 2 aromatic heterocycles. The highest BCUT2D eigenvalue weighted by Gasteiger charge is 2.30. The first kappa shape index (κ1) is 25.5. The molecule has 1 N–H and O–H groups in total. The van der Waals surface area contributed by atoms with Gasteiger partial charge < -0.3 is 15.0 Å². The molecule has 3 aromatic rings. The van der Waals surface area contributed by atoms with Gasteiger partial charge in [0, 0.05) is 37.0 Å². The third-order valence-electron chi connectivity index (χ3n) is 4.87. The van der Waals surface area contributed by atoms with Gasteiger partial charge in [0.2, 0.25) is 0 Å². The summed E-state index contributed by atoms with van der Waals surface area (Å²) in [6, 6.07) is 8.49. The highest BCUT2D eigenvalue weighted by molar-refractivity contribution is 9.10. The number of hydrogen-bond donors (Lipinski definition) is 1. The Morgan fingerprint density at radius 3 is 2.50 bits per heavy atom. The normalized spacial score (nSPS) is 15.5. The standard InChI is InChI=1S/C21H23BrN4O2.C2H5N.CH4/c1-21(2,3)28-20(27)25-9-8-16(12-25)14-4-6-15(7-5-14)17-10-23-19-18(22)11-24-26(19)13-17;1-2-3;/h4-7,10-11,13,16H,8-9,12H2,1-3H3;2-3H,1H3;1H4. The van der Waals surface area contributed by atoms with Crippen molar-refractivity contribution in [3.63, 3.8) is 0 Å². The highest BCUT2D eigenvalue weighted by Crippen LogP contribution is 2.30. The number of likely N-dealkylation sites (tertiary alicyclic amines) is 1. The molecule has 0 bridgehead atoms. The molecule has 1 fully saturated rings. The minimum absolute atomic E-state index is 0. The lowest BCUT2D eigenvalue weighted by Crippen LogP contribution is -2.35.